The quantitative estimate of drug-likeness (QED) is 0.247. The van der Waals surface area contributed by atoms with Crippen LogP contribution in [0.25, 0.3) is 0 Å². The summed E-state index contributed by atoms with van der Waals surface area (Å²) >= 11 is 0. The number of Topliss-reactive ketones (excluding diaryl/α,β-unsaturated/α-hetero) is 1. The Bertz CT molecular complexity index is 702. The molecule has 2 unspecified atom stereocenters. The molecule has 1 aromatic rings. The molecule has 0 aliphatic heterocycles. The number of benzene rings is 1. The van der Waals surface area contributed by atoms with Gasteiger partial charge in [0.2, 0.25) is 0 Å². The van der Waals surface area contributed by atoms with Crippen molar-refractivity contribution in [2.75, 3.05) is 13.2 Å². The van der Waals surface area contributed by atoms with Crippen molar-refractivity contribution in [1.82, 2.24) is 0 Å². The molecule has 0 saturated carbocycles. The van der Waals surface area contributed by atoms with Crippen LogP contribution in [0.5, 0.6) is 0 Å². The fourth-order valence-electron chi connectivity index (χ4n) is 4.59. The Balaban J connectivity index is 2.07. The van der Waals surface area contributed by atoms with Gasteiger partial charge < -0.3 is 9.47 Å². The lowest BCUT2D eigenvalue weighted by atomic mass is 9.58. The summed E-state index contributed by atoms with van der Waals surface area (Å²) in [5.74, 6) is 0.642. The number of hydrogen-bond acceptors (Lipinski definition) is 3. The molecule has 0 saturated heterocycles. The first-order valence-electron chi connectivity index (χ1n) is 11.4. The van der Waals surface area contributed by atoms with Crippen LogP contribution < -0.4 is 0 Å². The molecule has 164 valence electrons. The summed E-state index contributed by atoms with van der Waals surface area (Å²) < 4.78 is 11.4. The monoisotopic (exact) mass is 402 g/mol. The van der Waals surface area contributed by atoms with E-state index in [1.165, 1.54) is 30.4 Å². The third-order valence-electron chi connectivity index (χ3n) is 6.94. The molecule has 0 amide bonds. The topological polar surface area (TPSA) is 35.5 Å². The van der Waals surface area contributed by atoms with E-state index in [1.54, 1.807) is 0 Å². The van der Waals surface area contributed by atoms with Gasteiger partial charge in [0.15, 0.2) is 12.1 Å². The number of carbonyl (C=O) groups excluding carboxylic acids is 1. The summed E-state index contributed by atoms with van der Waals surface area (Å²) in [6.45, 7) is 18.5. The lowest BCUT2D eigenvalue weighted by Gasteiger charge is -2.47. The third kappa shape index (κ3) is 5.70. The van der Waals surface area contributed by atoms with Crippen molar-refractivity contribution in [3.8, 4) is 0 Å². The smallest absolute Gasteiger partial charge is 0.188 e. The number of ether oxygens (including phenoxy) is 2. The van der Waals surface area contributed by atoms with Crippen molar-refractivity contribution in [1.29, 1.82) is 0 Å². The van der Waals surface area contributed by atoms with E-state index in [2.05, 4.69) is 53.7 Å². The van der Waals surface area contributed by atoms with Crippen molar-refractivity contribution < 1.29 is 14.3 Å². The average molecular weight is 403 g/mol. The predicted octanol–water partition coefficient (Wildman–Crippen LogP) is 6.73. The Hall–Kier alpha value is -1.19. The maximum Gasteiger partial charge on any atom is 0.188 e. The number of aryl methyl sites for hydroxylation is 1. The largest absolute Gasteiger partial charge is 0.353 e. The van der Waals surface area contributed by atoms with Crippen LogP contribution in [0.1, 0.15) is 108 Å². The molecule has 0 spiro atoms. The van der Waals surface area contributed by atoms with Crippen LogP contribution >= 0.6 is 0 Å². The van der Waals surface area contributed by atoms with Crippen molar-refractivity contribution >= 4 is 5.78 Å². The van der Waals surface area contributed by atoms with Crippen molar-refractivity contribution in [2.24, 2.45) is 5.92 Å². The molecular formula is C26H42O3. The van der Waals surface area contributed by atoms with Crippen molar-refractivity contribution in [3.05, 3.63) is 34.4 Å². The molecule has 1 aliphatic carbocycles. The summed E-state index contributed by atoms with van der Waals surface area (Å²) in [6, 6.07) is 4.38. The van der Waals surface area contributed by atoms with Gasteiger partial charge in [0.25, 0.3) is 0 Å². The first kappa shape index (κ1) is 24.1. The van der Waals surface area contributed by atoms with Gasteiger partial charge in [-0.05, 0) is 66.2 Å². The highest BCUT2D eigenvalue weighted by atomic mass is 16.7. The lowest BCUT2D eigenvalue weighted by Crippen LogP contribution is -2.40. The van der Waals surface area contributed by atoms with Crippen LogP contribution in [0.15, 0.2) is 12.1 Å². The molecular weight excluding hydrogens is 360 g/mol. The Morgan fingerprint density at radius 2 is 1.79 bits per heavy atom. The Kier molecular flexibility index (Phi) is 8.09. The first-order valence-corrected chi connectivity index (χ1v) is 11.4. The summed E-state index contributed by atoms with van der Waals surface area (Å²) in [5, 5.41) is 0. The molecule has 0 radical (unpaired) electrons. The van der Waals surface area contributed by atoms with Gasteiger partial charge in [0.05, 0.1) is 0 Å². The third-order valence-corrected chi connectivity index (χ3v) is 6.94. The molecule has 3 nitrogen and oxygen atoms in total. The molecule has 0 N–H and O–H groups in total. The van der Waals surface area contributed by atoms with Crippen LogP contribution in [-0.4, -0.2) is 25.3 Å². The maximum atomic E-state index is 12.9. The van der Waals surface area contributed by atoms with Crippen LogP contribution in [0.4, 0.5) is 0 Å². The number of carbonyl (C=O) groups is 1. The van der Waals surface area contributed by atoms with E-state index in [0.717, 1.165) is 24.0 Å². The number of ketones is 1. The van der Waals surface area contributed by atoms with Crippen LogP contribution in [-0.2, 0) is 20.3 Å². The fourth-order valence-corrected chi connectivity index (χ4v) is 4.59. The van der Waals surface area contributed by atoms with Gasteiger partial charge >= 0.3 is 0 Å². The second-order valence-electron chi connectivity index (χ2n) is 10.2. The van der Waals surface area contributed by atoms with E-state index < -0.39 is 0 Å². The van der Waals surface area contributed by atoms with Gasteiger partial charge in [-0.25, -0.2) is 0 Å². The molecule has 0 bridgehead atoms. The Morgan fingerprint density at radius 3 is 2.45 bits per heavy atom. The number of hydrogen-bond donors (Lipinski definition) is 0. The standard InChI is InChI=1S/C26H42O3/c1-9-10-11-12-13-28-20(4)29-17-24(27)21-15-22-23(14-18(21)2)26(7,8)19(3)16-25(22,5)6/h14-15,19-20H,9-13,16-17H2,1-8H3. The highest BCUT2D eigenvalue weighted by Gasteiger charge is 2.42. The highest BCUT2D eigenvalue weighted by Crippen LogP contribution is 2.49. The maximum absolute atomic E-state index is 12.9. The molecule has 0 heterocycles. The van der Waals surface area contributed by atoms with Crippen LogP contribution in [0.2, 0.25) is 0 Å². The van der Waals surface area contributed by atoms with Gasteiger partial charge in [0, 0.05) is 12.2 Å². The predicted molar refractivity (Wildman–Crippen MR) is 121 cm³/mol. The average Bonchev–Trinajstić information content (AvgIpc) is 2.64. The minimum Gasteiger partial charge on any atom is -0.353 e. The second kappa shape index (κ2) is 9.75. The zero-order chi connectivity index (χ0) is 21.8. The molecule has 2 atom stereocenters. The summed E-state index contributed by atoms with van der Waals surface area (Å²) in [7, 11) is 0. The molecule has 3 heteroatoms. The van der Waals surface area contributed by atoms with Crippen molar-refractivity contribution in [3.63, 3.8) is 0 Å². The molecule has 0 fully saturated rings. The summed E-state index contributed by atoms with van der Waals surface area (Å²) in [4.78, 5) is 12.9. The van der Waals surface area contributed by atoms with Gasteiger partial charge in [0.1, 0.15) is 6.61 Å². The van der Waals surface area contributed by atoms with Crippen LogP contribution in [0.3, 0.4) is 0 Å². The van der Waals surface area contributed by atoms with Gasteiger partial charge in [-0.1, -0.05) is 66.9 Å². The fraction of sp³-hybridized carbons (Fsp3) is 0.731. The minimum atomic E-state index is -0.352. The molecule has 29 heavy (non-hydrogen) atoms. The van der Waals surface area contributed by atoms with E-state index in [1.807, 2.05) is 13.8 Å². The van der Waals surface area contributed by atoms with E-state index in [9.17, 15) is 4.79 Å². The minimum absolute atomic E-state index is 0.0407. The Labute approximate surface area is 178 Å². The van der Waals surface area contributed by atoms with E-state index in [4.69, 9.17) is 9.47 Å². The number of unbranched alkanes of at least 4 members (excludes halogenated alkanes) is 3. The van der Waals surface area contributed by atoms with Crippen LogP contribution in [0, 0.1) is 12.8 Å². The lowest BCUT2D eigenvalue weighted by molar-refractivity contribution is -0.123. The molecule has 2 rings (SSSR count). The molecule has 0 aromatic heterocycles. The molecule has 1 aromatic carbocycles. The number of fused-ring (bicyclic) bond motifs is 1. The zero-order valence-electron chi connectivity index (χ0n) is 20.0. The van der Waals surface area contributed by atoms with Gasteiger partial charge in [-0.15, -0.1) is 0 Å². The summed E-state index contributed by atoms with van der Waals surface area (Å²) in [6.07, 6.45) is 5.45. The molecule has 1 aliphatic rings. The second-order valence-corrected chi connectivity index (χ2v) is 10.2. The number of rotatable bonds is 10. The highest BCUT2D eigenvalue weighted by molar-refractivity contribution is 5.98. The summed E-state index contributed by atoms with van der Waals surface area (Å²) in [5.41, 5.74) is 4.73. The van der Waals surface area contributed by atoms with E-state index >= 15 is 0 Å². The van der Waals surface area contributed by atoms with Gasteiger partial charge in [-0.3, -0.25) is 4.79 Å². The zero-order valence-corrected chi connectivity index (χ0v) is 20.0. The Morgan fingerprint density at radius 1 is 1.10 bits per heavy atom. The normalized spacial score (nSPS) is 20.9. The van der Waals surface area contributed by atoms with E-state index in [0.29, 0.717) is 12.5 Å². The first-order chi connectivity index (χ1) is 13.5. The SMILES string of the molecule is CCCCCCOC(C)OCC(=O)c1cc2c(cc1C)C(C)(C)C(C)CC2(C)C. The van der Waals surface area contributed by atoms with Gasteiger partial charge in [-0.2, -0.15) is 0 Å². The van der Waals surface area contributed by atoms with E-state index in [-0.39, 0.29) is 29.5 Å². The van der Waals surface area contributed by atoms with Crippen molar-refractivity contribution in [2.45, 2.75) is 105 Å².